The van der Waals surface area contributed by atoms with Gasteiger partial charge in [-0.1, -0.05) is 19.3 Å². The monoisotopic (exact) mass is 213 g/mol. The fraction of sp³-hybridized carbons (Fsp3) is 0.917. The van der Waals surface area contributed by atoms with Gasteiger partial charge in [0.1, 0.15) is 5.60 Å². The molecule has 0 aromatic carbocycles. The second-order valence-corrected chi connectivity index (χ2v) is 5.48. The van der Waals surface area contributed by atoms with Crippen molar-refractivity contribution < 1.29 is 9.53 Å². The van der Waals surface area contributed by atoms with Crippen molar-refractivity contribution in [3.63, 3.8) is 0 Å². The first-order valence-corrected chi connectivity index (χ1v) is 5.84. The number of esters is 1. The first-order chi connectivity index (χ1) is 6.92. The Balaban J connectivity index is 2.34. The van der Waals surface area contributed by atoms with Gasteiger partial charge in [0.25, 0.3) is 0 Å². The molecule has 1 aliphatic carbocycles. The SMILES string of the molecule is CC(C)(C)OC(=O)CC(CN)C1CCC1. The summed E-state index contributed by atoms with van der Waals surface area (Å²) in [6.45, 7) is 6.28. The minimum Gasteiger partial charge on any atom is -0.460 e. The average molecular weight is 213 g/mol. The van der Waals surface area contributed by atoms with E-state index in [-0.39, 0.29) is 11.6 Å². The normalized spacial score (nSPS) is 19.5. The zero-order valence-corrected chi connectivity index (χ0v) is 10.1. The third-order valence-corrected chi connectivity index (χ3v) is 2.97. The van der Waals surface area contributed by atoms with E-state index in [1.54, 1.807) is 0 Å². The molecule has 0 saturated heterocycles. The molecule has 0 bridgehead atoms. The van der Waals surface area contributed by atoms with Crippen LogP contribution in [0.3, 0.4) is 0 Å². The minimum atomic E-state index is -0.379. The van der Waals surface area contributed by atoms with Crippen molar-refractivity contribution in [2.45, 2.75) is 52.1 Å². The Labute approximate surface area is 92.4 Å². The lowest BCUT2D eigenvalue weighted by molar-refractivity contribution is -0.156. The minimum absolute atomic E-state index is 0.107. The van der Waals surface area contributed by atoms with Crippen LogP contribution >= 0.6 is 0 Å². The second-order valence-electron chi connectivity index (χ2n) is 5.48. The van der Waals surface area contributed by atoms with Crippen molar-refractivity contribution >= 4 is 5.97 Å². The molecule has 0 heterocycles. The van der Waals surface area contributed by atoms with Crippen LogP contribution in [0.25, 0.3) is 0 Å². The van der Waals surface area contributed by atoms with Gasteiger partial charge in [0.2, 0.25) is 0 Å². The van der Waals surface area contributed by atoms with Gasteiger partial charge in [-0.25, -0.2) is 0 Å². The molecule has 15 heavy (non-hydrogen) atoms. The summed E-state index contributed by atoms with van der Waals surface area (Å²) in [6, 6.07) is 0. The van der Waals surface area contributed by atoms with Crippen LogP contribution in [0.15, 0.2) is 0 Å². The van der Waals surface area contributed by atoms with Gasteiger partial charge < -0.3 is 10.5 Å². The Kier molecular flexibility index (Phi) is 4.14. The third kappa shape index (κ3) is 4.20. The van der Waals surface area contributed by atoms with Crippen molar-refractivity contribution in [1.82, 2.24) is 0 Å². The molecule has 2 N–H and O–H groups in total. The number of ether oxygens (including phenoxy) is 1. The van der Waals surface area contributed by atoms with Gasteiger partial charge in [-0.3, -0.25) is 4.79 Å². The van der Waals surface area contributed by atoms with Gasteiger partial charge in [0, 0.05) is 6.42 Å². The van der Waals surface area contributed by atoms with Gasteiger partial charge in [-0.05, 0) is 39.2 Å². The molecule has 0 aliphatic heterocycles. The van der Waals surface area contributed by atoms with Crippen LogP contribution in [0.4, 0.5) is 0 Å². The van der Waals surface area contributed by atoms with E-state index in [0.29, 0.717) is 24.8 Å². The topological polar surface area (TPSA) is 52.3 Å². The standard InChI is InChI=1S/C12H23NO2/c1-12(2,3)15-11(14)7-10(8-13)9-5-4-6-9/h9-10H,4-8,13H2,1-3H3. The lowest BCUT2D eigenvalue weighted by Gasteiger charge is -2.33. The van der Waals surface area contributed by atoms with Crippen molar-refractivity contribution in [2.75, 3.05) is 6.54 Å². The molecule has 1 atom stereocenters. The van der Waals surface area contributed by atoms with Gasteiger partial charge in [-0.15, -0.1) is 0 Å². The van der Waals surface area contributed by atoms with E-state index >= 15 is 0 Å². The summed E-state index contributed by atoms with van der Waals surface area (Å²) in [5.74, 6) is 0.876. The first-order valence-electron chi connectivity index (χ1n) is 5.84. The highest BCUT2D eigenvalue weighted by Gasteiger charge is 2.29. The van der Waals surface area contributed by atoms with E-state index in [4.69, 9.17) is 10.5 Å². The predicted octanol–water partition coefficient (Wildman–Crippen LogP) is 2.09. The Morgan fingerprint density at radius 2 is 2.07 bits per heavy atom. The van der Waals surface area contributed by atoms with Crippen molar-refractivity contribution in [3.8, 4) is 0 Å². The Morgan fingerprint density at radius 3 is 2.40 bits per heavy atom. The largest absolute Gasteiger partial charge is 0.460 e. The van der Waals surface area contributed by atoms with Crippen molar-refractivity contribution in [2.24, 2.45) is 17.6 Å². The maximum atomic E-state index is 11.6. The average Bonchev–Trinajstić information content (AvgIpc) is 1.95. The molecule has 1 rings (SSSR count). The maximum Gasteiger partial charge on any atom is 0.306 e. The molecule has 88 valence electrons. The van der Waals surface area contributed by atoms with Crippen LogP contribution in [-0.4, -0.2) is 18.1 Å². The summed E-state index contributed by atoms with van der Waals surface area (Å²) in [5.41, 5.74) is 5.31. The van der Waals surface area contributed by atoms with E-state index in [1.807, 2.05) is 20.8 Å². The summed E-state index contributed by atoms with van der Waals surface area (Å²) < 4.78 is 5.29. The molecule has 0 amide bonds. The van der Waals surface area contributed by atoms with Crippen LogP contribution in [0, 0.1) is 11.8 Å². The number of nitrogens with two attached hydrogens (primary N) is 1. The summed E-state index contributed by atoms with van der Waals surface area (Å²) in [4.78, 5) is 11.6. The molecular weight excluding hydrogens is 190 g/mol. The van der Waals surface area contributed by atoms with E-state index in [2.05, 4.69) is 0 Å². The fourth-order valence-electron chi connectivity index (χ4n) is 1.95. The van der Waals surface area contributed by atoms with E-state index in [1.165, 1.54) is 19.3 Å². The maximum absolute atomic E-state index is 11.6. The van der Waals surface area contributed by atoms with Gasteiger partial charge in [0.15, 0.2) is 0 Å². The van der Waals surface area contributed by atoms with Crippen LogP contribution in [-0.2, 0) is 9.53 Å². The van der Waals surface area contributed by atoms with Crippen molar-refractivity contribution in [3.05, 3.63) is 0 Å². The summed E-state index contributed by atoms with van der Waals surface area (Å²) in [5, 5.41) is 0. The summed E-state index contributed by atoms with van der Waals surface area (Å²) in [6.07, 6.45) is 4.23. The zero-order chi connectivity index (χ0) is 11.5. The number of rotatable bonds is 4. The van der Waals surface area contributed by atoms with Gasteiger partial charge in [0.05, 0.1) is 0 Å². The molecule has 0 aromatic heterocycles. The quantitative estimate of drug-likeness (QED) is 0.727. The molecule has 0 aromatic rings. The molecule has 0 spiro atoms. The third-order valence-electron chi connectivity index (χ3n) is 2.97. The van der Waals surface area contributed by atoms with E-state index in [0.717, 1.165) is 0 Å². The van der Waals surface area contributed by atoms with Crippen molar-refractivity contribution in [1.29, 1.82) is 0 Å². The van der Waals surface area contributed by atoms with Gasteiger partial charge in [-0.2, -0.15) is 0 Å². The zero-order valence-electron chi connectivity index (χ0n) is 10.1. The lowest BCUT2D eigenvalue weighted by Crippen LogP contribution is -2.33. The van der Waals surface area contributed by atoms with E-state index in [9.17, 15) is 4.79 Å². The molecule has 1 unspecified atom stereocenters. The molecule has 1 saturated carbocycles. The second kappa shape index (κ2) is 4.97. The molecule has 3 heteroatoms. The van der Waals surface area contributed by atoms with Gasteiger partial charge >= 0.3 is 5.97 Å². The van der Waals surface area contributed by atoms with Crippen LogP contribution in [0.5, 0.6) is 0 Å². The molecular formula is C12H23NO2. The predicted molar refractivity (Wildman–Crippen MR) is 60.3 cm³/mol. The summed E-state index contributed by atoms with van der Waals surface area (Å²) >= 11 is 0. The lowest BCUT2D eigenvalue weighted by atomic mass is 9.74. The highest BCUT2D eigenvalue weighted by Crippen LogP contribution is 2.34. The van der Waals surface area contributed by atoms with Crippen LogP contribution in [0.2, 0.25) is 0 Å². The Morgan fingerprint density at radius 1 is 1.47 bits per heavy atom. The smallest absolute Gasteiger partial charge is 0.306 e. The summed E-state index contributed by atoms with van der Waals surface area (Å²) in [7, 11) is 0. The highest BCUT2D eigenvalue weighted by molar-refractivity contribution is 5.70. The molecule has 3 nitrogen and oxygen atoms in total. The molecule has 1 aliphatic rings. The Hall–Kier alpha value is -0.570. The highest BCUT2D eigenvalue weighted by atomic mass is 16.6. The van der Waals surface area contributed by atoms with E-state index < -0.39 is 0 Å². The number of carbonyl (C=O) groups excluding carboxylic acids is 1. The fourth-order valence-corrected chi connectivity index (χ4v) is 1.95. The number of carbonyl (C=O) groups is 1. The molecule has 0 radical (unpaired) electrons. The van der Waals surface area contributed by atoms with Crippen LogP contribution < -0.4 is 5.73 Å². The number of hydrogen-bond acceptors (Lipinski definition) is 3. The first kappa shape index (κ1) is 12.5. The number of hydrogen-bond donors (Lipinski definition) is 1. The Bertz CT molecular complexity index is 216. The molecule has 1 fully saturated rings. The van der Waals surface area contributed by atoms with Crippen LogP contribution in [0.1, 0.15) is 46.5 Å².